The van der Waals surface area contributed by atoms with Gasteiger partial charge in [0.2, 0.25) is 11.6 Å². The van der Waals surface area contributed by atoms with Crippen LogP contribution in [0.3, 0.4) is 0 Å². The highest BCUT2D eigenvalue weighted by Gasteiger charge is 2.72. The van der Waals surface area contributed by atoms with Gasteiger partial charge in [0, 0.05) is 5.92 Å². The first-order valence-electron chi connectivity index (χ1n) is 7.67. The number of benzene rings is 1. The van der Waals surface area contributed by atoms with Crippen LogP contribution < -0.4 is 10.9 Å². The molecular weight excluding hydrogens is 315 g/mol. The van der Waals surface area contributed by atoms with Gasteiger partial charge in [-0.25, -0.2) is 4.39 Å². The average Bonchev–Trinajstić information content (AvgIpc) is 2.89. The largest absolute Gasteiger partial charge is 0.291 e. The SMILES string of the molecule is CC1(C)C2CCC1(C(=O)NNC(=O)c1ccccc1F)C(=O)C2=O. The van der Waals surface area contributed by atoms with Crippen LogP contribution in [0.4, 0.5) is 4.39 Å². The molecule has 0 aliphatic heterocycles. The summed E-state index contributed by atoms with van der Waals surface area (Å²) in [5.41, 5.74) is 1.81. The lowest BCUT2D eigenvalue weighted by atomic mass is 9.68. The number of halogens is 1. The number of ketones is 2. The van der Waals surface area contributed by atoms with Crippen LogP contribution in [0, 0.1) is 22.6 Å². The van der Waals surface area contributed by atoms with Gasteiger partial charge in [0.25, 0.3) is 11.8 Å². The third-order valence-corrected chi connectivity index (χ3v) is 5.50. The van der Waals surface area contributed by atoms with Crippen molar-refractivity contribution in [2.45, 2.75) is 26.7 Å². The van der Waals surface area contributed by atoms with Crippen LogP contribution in [0.1, 0.15) is 37.0 Å². The second-order valence-corrected chi connectivity index (χ2v) is 6.80. The number of fused-ring (bicyclic) bond motifs is 2. The fourth-order valence-electron chi connectivity index (χ4n) is 4.02. The molecule has 3 rings (SSSR count). The molecule has 126 valence electrons. The highest BCUT2D eigenvalue weighted by molar-refractivity contribution is 6.47. The maximum Gasteiger partial charge on any atom is 0.272 e. The molecule has 2 N–H and O–H groups in total. The number of hydrogen-bond donors (Lipinski definition) is 2. The summed E-state index contributed by atoms with van der Waals surface area (Å²) in [6, 6.07) is 5.32. The molecule has 1 aromatic carbocycles. The van der Waals surface area contributed by atoms with E-state index in [2.05, 4.69) is 10.9 Å². The zero-order valence-electron chi connectivity index (χ0n) is 13.3. The quantitative estimate of drug-likeness (QED) is 0.483. The fourth-order valence-corrected chi connectivity index (χ4v) is 4.02. The first-order chi connectivity index (χ1) is 11.2. The van der Waals surface area contributed by atoms with Gasteiger partial charge in [-0.2, -0.15) is 0 Å². The van der Waals surface area contributed by atoms with E-state index >= 15 is 0 Å². The Balaban J connectivity index is 1.78. The van der Waals surface area contributed by atoms with E-state index < -0.39 is 45.9 Å². The number of carbonyl (C=O) groups excluding carboxylic acids is 4. The summed E-state index contributed by atoms with van der Waals surface area (Å²) in [6.45, 7) is 3.43. The Labute approximate surface area is 137 Å². The number of hydrogen-bond acceptors (Lipinski definition) is 4. The molecular formula is C17H17FN2O4. The third kappa shape index (κ3) is 1.93. The van der Waals surface area contributed by atoms with E-state index in [1.54, 1.807) is 13.8 Å². The zero-order valence-corrected chi connectivity index (χ0v) is 13.3. The molecule has 2 aliphatic carbocycles. The average molecular weight is 332 g/mol. The van der Waals surface area contributed by atoms with E-state index in [-0.39, 0.29) is 12.0 Å². The molecule has 6 nitrogen and oxygen atoms in total. The lowest BCUT2D eigenvalue weighted by Gasteiger charge is -2.33. The molecule has 2 saturated carbocycles. The molecule has 0 heterocycles. The second kappa shape index (κ2) is 5.22. The van der Waals surface area contributed by atoms with Gasteiger partial charge in [-0.15, -0.1) is 0 Å². The van der Waals surface area contributed by atoms with Gasteiger partial charge in [0.15, 0.2) is 0 Å². The lowest BCUT2D eigenvalue weighted by Crippen LogP contribution is -2.55. The Morgan fingerprint density at radius 3 is 2.42 bits per heavy atom. The van der Waals surface area contributed by atoms with Gasteiger partial charge in [-0.1, -0.05) is 26.0 Å². The van der Waals surface area contributed by atoms with Crippen molar-refractivity contribution in [1.82, 2.24) is 10.9 Å². The summed E-state index contributed by atoms with van der Waals surface area (Å²) in [5, 5.41) is 0. The molecule has 1 aromatic rings. The van der Waals surface area contributed by atoms with Gasteiger partial charge in [0.1, 0.15) is 11.2 Å². The Kier molecular flexibility index (Phi) is 3.55. The molecule has 0 saturated heterocycles. The number of hydrazine groups is 1. The third-order valence-electron chi connectivity index (χ3n) is 5.50. The number of rotatable bonds is 2. The molecule has 2 atom stereocenters. The number of Topliss-reactive ketones (excluding diaryl/α,β-unsaturated/α-hetero) is 2. The summed E-state index contributed by atoms with van der Waals surface area (Å²) in [6.07, 6.45) is 0.725. The topological polar surface area (TPSA) is 92.3 Å². The van der Waals surface area contributed by atoms with Crippen LogP contribution in [0.15, 0.2) is 24.3 Å². The molecule has 2 aliphatic rings. The summed E-state index contributed by atoms with van der Waals surface area (Å²) < 4.78 is 13.6. The van der Waals surface area contributed by atoms with Crippen molar-refractivity contribution in [3.05, 3.63) is 35.6 Å². The zero-order chi connectivity index (χ0) is 17.7. The van der Waals surface area contributed by atoms with E-state index in [0.717, 1.165) is 6.07 Å². The summed E-state index contributed by atoms with van der Waals surface area (Å²) in [4.78, 5) is 49.0. The van der Waals surface area contributed by atoms with Crippen molar-refractivity contribution in [2.24, 2.45) is 16.7 Å². The van der Waals surface area contributed by atoms with Gasteiger partial charge < -0.3 is 0 Å². The van der Waals surface area contributed by atoms with Crippen molar-refractivity contribution in [3.63, 3.8) is 0 Å². The lowest BCUT2D eigenvalue weighted by molar-refractivity contribution is -0.149. The van der Waals surface area contributed by atoms with Gasteiger partial charge in [0.05, 0.1) is 5.56 Å². The maximum absolute atomic E-state index is 13.6. The molecule has 2 amide bonds. The van der Waals surface area contributed by atoms with Crippen molar-refractivity contribution in [1.29, 1.82) is 0 Å². The van der Waals surface area contributed by atoms with Crippen molar-refractivity contribution in [2.75, 3.05) is 0 Å². The van der Waals surface area contributed by atoms with Crippen LogP contribution in [-0.2, 0) is 14.4 Å². The Bertz CT molecular complexity index is 774. The van der Waals surface area contributed by atoms with Crippen LogP contribution in [0.5, 0.6) is 0 Å². The van der Waals surface area contributed by atoms with E-state index in [1.807, 2.05) is 0 Å². The molecule has 24 heavy (non-hydrogen) atoms. The van der Waals surface area contributed by atoms with Crippen molar-refractivity contribution < 1.29 is 23.6 Å². The van der Waals surface area contributed by atoms with Crippen LogP contribution in [-0.4, -0.2) is 23.4 Å². The number of nitrogens with one attached hydrogen (secondary N) is 2. The van der Waals surface area contributed by atoms with Crippen LogP contribution in [0.2, 0.25) is 0 Å². The van der Waals surface area contributed by atoms with Crippen molar-refractivity contribution >= 4 is 23.4 Å². The number of carbonyl (C=O) groups is 4. The number of amides is 2. The van der Waals surface area contributed by atoms with E-state index in [1.165, 1.54) is 18.2 Å². The minimum Gasteiger partial charge on any atom is -0.291 e. The molecule has 7 heteroatoms. The Morgan fingerprint density at radius 1 is 1.17 bits per heavy atom. The Morgan fingerprint density at radius 2 is 1.83 bits per heavy atom. The highest BCUT2D eigenvalue weighted by atomic mass is 19.1. The van der Waals surface area contributed by atoms with Gasteiger partial charge in [-0.3, -0.25) is 30.0 Å². The van der Waals surface area contributed by atoms with E-state index in [9.17, 15) is 23.6 Å². The summed E-state index contributed by atoms with van der Waals surface area (Å²) >= 11 is 0. The molecule has 2 bridgehead atoms. The first kappa shape index (κ1) is 16.3. The van der Waals surface area contributed by atoms with Gasteiger partial charge in [-0.05, 0) is 30.4 Å². The van der Waals surface area contributed by atoms with Crippen LogP contribution in [0.25, 0.3) is 0 Å². The highest BCUT2D eigenvalue weighted by Crippen LogP contribution is 2.62. The molecule has 0 aromatic heterocycles. The monoisotopic (exact) mass is 332 g/mol. The normalized spacial score (nSPS) is 27.2. The summed E-state index contributed by atoms with van der Waals surface area (Å²) in [5.74, 6) is -3.99. The van der Waals surface area contributed by atoms with Crippen LogP contribution >= 0.6 is 0 Å². The summed E-state index contributed by atoms with van der Waals surface area (Å²) in [7, 11) is 0. The van der Waals surface area contributed by atoms with Crippen molar-refractivity contribution in [3.8, 4) is 0 Å². The Hall–Kier alpha value is -2.57. The molecule has 2 unspecified atom stereocenters. The predicted octanol–water partition coefficient (Wildman–Crippen LogP) is 1.16. The maximum atomic E-state index is 13.6. The minimum atomic E-state index is -1.47. The second-order valence-electron chi connectivity index (χ2n) is 6.80. The minimum absolute atomic E-state index is 0.229. The van der Waals surface area contributed by atoms with Gasteiger partial charge >= 0.3 is 0 Å². The standard InChI is InChI=1S/C17H17FN2O4/c1-16(2)10-7-8-17(16,13(22)12(10)21)15(24)20-19-14(23)9-5-3-4-6-11(9)18/h3-6,10H,7-8H2,1-2H3,(H,19,23)(H,20,24). The fraction of sp³-hybridized carbons (Fsp3) is 0.412. The molecule has 0 spiro atoms. The van der Waals surface area contributed by atoms with E-state index in [4.69, 9.17) is 0 Å². The molecule has 2 fully saturated rings. The van der Waals surface area contributed by atoms with E-state index in [0.29, 0.717) is 6.42 Å². The predicted molar refractivity (Wildman–Crippen MR) is 81.0 cm³/mol. The molecule has 0 radical (unpaired) electrons. The first-order valence-corrected chi connectivity index (χ1v) is 7.67. The smallest absolute Gasteiger partial charge is 0.272 e.